The van der Waals surface area contributed by atoms with E-state index in [0.717, 1.165) is 55.0 Å². The van der Waals surface area contributed by atoms with E-state index in [9.17, 15) is 8.42 Å². The average Bonchev–Trinajstić information content (AvgIpc) is 3.18. The van der Waals surface area contributed by atoms with Gasteiger partial charge in [-0.05, 0) is 44.4 Å². The van der Waals surface area contributed by atoms with Gasteiger partial charge in [-0.3, -0.25) is 0 Å². The van der Waals surface area contributed by atoms with Crippen LogP contribution in [0.5, 0.6) is 0 Å². The van der Waals surface area contributed by atoms with Crippen LogP contribution in [0.3, 0.4) is 0 Å². The van der Waals surface area contributed by atoms with E-state index in [0.29, 0.717) is 30.5 Å². The number of aromatic nitrogens is 1. The lowest BCUT2D eigenvalue weighted by Gasteiger charge is -2.26. The third-order valence-corrected chi connectivity index (χ3v) is 7.67. The molecule has 1 saturated heterocycles. The maximum Gasteiger partial charge on any atom is 0.243 e. The van der Waals surface area contributed by atoms with Crippen molar-refractivity contribution in [3.63, 3.8) is 0 Å². The predicted octanol–water partition coefficient (Wildman–Crippen LogP) is 2.92. The largest absolute Gasteiger partial charge is 0.357 e. The Bertz CT molecular complexity index is 950. The standard InChI is InChI=1S/C21H31N5O2S2/c1-3-22-21(23-11-10-19-16-29-17(2)25-19)24-15-18-8-7-9-20(14-18)30(27,28)26-12-5-4-6-13-26/h7-9,14,16H,3-6,10-13,15H2,1-2H3,(H2,22,23,24). The molecule has 1 aliphatic heterocycles. The van der Waals surface area contributed by atoms with Crippen molar-refractivity contribution in [3.05, 3.63) is 45.9 Å². The number of thiazole rings is 1. The maximum atomic E-state index is 12.9. The molecule has 0 saturated carbocycles. The summed E-state index contributed by atoms with van der Waals surface area (Å²) in [7, 11) is -3.43. The Labute approximate surface area is 183 Å². The van der Waals surface area contributed by atoms with Gasteiger partial charge < -0.3 is 10.6 Å². The molecule has 0 bridgehead atoms. The van der Waals surface area contributed by atoms with Crippen LogP contribution in [0.15, 0.2) is 39.5 Å². The van der Waals surface area contributed by atoms with E-state index in [2.05, 4.69) is 26.0 Å². The van der Waals surface area contributed by atoms with Crippen LogP contribution in [0.4, 0.5) is 0 Å². The Morgan fingerprint density at radius 2 is 2.03 bits per heavy atom. The van der Waals surface area contributed by atoms with Gasteiger partial charge in [0.05, 0.1) is 22.1 Å². The molecular formula is C21H31N5O2S2. The van der Waals surface area contributed by atoms with Crippen molar-refractivity contribution in [1.29, 1.82) is 0 Å². The predicted molar refractivity (Wildman–Crippen MR) is 122 cm³/mol. The van der Waals surface area contributed by atoms with Crippen LogP contribution in [0.1, 0.15) is 42.5 Å². The second-order valence-corrected chi connectivity index (χ2v) is 10.3. The summed E-state index contributed by atoms with van der Waals surface area (Å²) < 4.78 is 27.4. The van der Waals surface area contributed by atoms with Crippen molar-refractivity contribution in [2.24, 2.45) is 4.99 Å². The van der Waals surface area contributed by atoms with Crippen LogP contribution in [0, 0.1) is 6.92 Å². The minimum Gasteiger partial charge on any atom is -0.357 e. The molecule has 1 aromatic carbocycles. The van der Waals surface area contributed by atoms with E-state index in [-0.39, 0.29) is 0 Å². The van der Waals surface area contributed by atoms with E-state index in [1.54, 1.807) is 33.8 Å². The minimum atomic E-state index is -3.43. The van der Waals surface area contributed by atoms with Gasteiger partial charge in [-0.1, -0.05) is 18.6 Å². The lowest BCUT2D eigenvalue weighted by Crippen LogP contribution is -2.38. The minimum absolute atomic E-state index is 0.356. The molecule has 30 heavy (non-hydrogen) atoms. The summed E-state index contributed by atoms with van der Waals surface area (Å²) >= 11 is 1.66. The number of hydrogen-bond donors (Lipinski definition) is 2. The molecule has 0 spiro atoms. The number of nitrogens with zero attached hydrogens (tertiary/aromatic N) is 3. The Balaban J connectivity index is 1.63. The smallest absolute Gasteiger partial charge is 0.243 e. The maximum absolute atomic E-state index is 12.9. The van der Waals surface area contributed by atoms with Crippen molar-refractivity contribution in [2.45, 2.75) is 51.0 Å². The molecular weight excluding hydrogens is 418 g/mol. The summed E-state index contributed by atoms with van der Waals surface area (Å²) in [5, 5.41) is 9.71. The van der Waals surface area contributed by atoms with Crippen LogP contribution >= 0.6 is 11.3 Å². The Kier molecular flexibility index (Phi) is 8.24. The number of benzene rings is 1. The van der Waals surface area contributed by atoms with Crippen LogP contribution in [-0.2, 0) is 23.0 Å². The van der Waals surface area contributed by atoms with E-state index in [1.807, 2.05) is 19.9 Å². The summed E-state index contributed by atoms with van der Waals surface area (Å²) in [4.78, 5) is 9.46. The molecule has 164 valence electrons. The van der Waals surface area contributed by atoms with Crippen LogP contribution < -0.4 is 10.6 Å². The molecule has 0 radical (unpaired) electrons. The summed E-state index contributed by atoms with van der Waals surface area (Å²) in [6.45, 7) is 7.15. The second kappa shape index (κ2) is 10.9. The third-order valence-electron chi connectivity index (χ3n) is 4.96. The summed E-state index contributed by atoms with van der Waals surface area (Å²) in [6, 6.07) is 7.14. The number of sulfonamides is 1. The van der Waals surface area contributed by atoms with Gasteiger partial charge in [-0.25, -0.2) is 18.4 Å². The molecule has 1 aliphatic rings. The molecule has 2 aromatic rings. The molecule has 2 N–H and O–H groups in total. The van der Waals surface area contributed by atoms with E-state index in [4.69, 9.17) is 0 Å². The molecule has 0 aliphatic carbocycles. The number of guanidine groups is 1. The first-order valence-electron chi connectivity index (χ1n) is 10.5. The van der Waals surface area contributed by atoms with Gasteiger partial charge in [0, 0.05) is 38.0 Å². The zero-order valence-corrected chi connectivity index (χ0v) is 19.4. The summed E-state index contributed by atoms with van der Waals surface area (Å²) in [5.41, 5.74) is 1.96. The summed E-state index contributed by atoms with van der Waals surface area (Å²) in [5.74, 6) is 0.716. The van der Waals surface area contributed by atoms with Gasteiger partial charge in [0.2, 0.25) is 10.0 Å². The lowest BCUT2D eigenvalue weighted by molar-refractivity contribution is 0.346. The fraction of sp³-hybridized carbons (Fsp3) is 0.524. The average molecular weight is 450 g/mol. The van der Waals surface area contributed by atoms with Crippen molar-refractivity contribution in [1.82, 2.24) is 19.9 Å². The van der Waals surface area contributed by atoms with Crippen LogP contribution in [-0.4, -0.2) is 49.8 Å². The lowest BCUT2D eigenvalue weighted by atomic mass is 10.2. The molecule has 0 atom stereocenters. The highest BCUT2D eigenvalue weighted by Gasteiger charge is 2.25. The molecule has 7 nitrogen and oxygen atoms in total. The molecule has 3 rings (SSSR count). The molecule has 2 heterocycles. The van der Waals surface area contributed by atoms with Gasteiger partial charge in [0.1, 0.15) is 0 Å². The molecule has 9 heteroatoms. The number of nitrogens with one attached hydrogen (secondary N) is 2. The van der Waals surface area contributed by atoms with Gasteiger partial charge in [-0.2, -0.15) is 4.31 Å². The van der Waals surface area contributed by atoms with Crippen molar-refractivity contribution < 1.29 is 8.42 Å². The van der Waals surface area contributed by atoms with Gasteiger partial charge in [-0.15, -0.1) is 11.3 Å². The molecule has 0 amide bonds. The quantitative estimate of drug-likeness (QED) is 0.478. The Hall–Kier alpha value is -1.97. The Morgan fingerprint density at radius 3 is 2.73 bits per heavy atom. The van der Waals surface area contributed by atoms with Gasteiger partial charge in [0.25, 0.3) is 0 Å². The Morgan fingerprint density at radius 1 is 1.23 bits per heavy atom. The van der Waals surface area contributed by atoms with Crippen LogP contribution in [0.25, 0.3) is 0 Å². The highest BCUT2D eigenvalue weighted by molar-refractivity contribution is 7.89. The van der Waals surface area contributed by atoms with Crippen molar-refractivity contribution in [2.75, 3.05) is 26.2 Å². The van der Waals surface area contributed by atoms with Gasteiger partial charge in [0.15, 0.2) is 5.96 Å². The highest BCUT2D eigenvalue weighted by Crippen LogP contribution is 2.21. The SMILES string of the molecule is CCNC(=NCc1cccc(S(=O)(=O)N2CCCCC2)c1)NCCc1csc(C)n1. The second-order valence-electron chi connectivity index (χ2n) is 7.34. The fourth-order valence-electron chi connectivity index (χ4n) is 3.40. The number of rotatable bonds is 8. The normalized spacial score (nSPS) is 15.9. The number of aliphatic imine (C=N–C) groups is 1. The van der Waals surface area contributed by atoms with Gasteiger partial charge >= 0.3 is 0 Å². The zero-order valence-electron chi connectivity index (χ0n) is 17.7. The van der Waals surface area contributed by atoms with E-state index >= 15 is 0 Å². The van der Waals surface area contributed by atoms with E-state index in [1.165, 1.54) is 0 Å². The first-order chi connectivity index (χ1) is 14.5. The molecule has 0 unspecified atom stereocenters. The van der Waals surface area contributed by atoms with Crippen molar-refractivity contribution >= 4 is 27.3 Å². The first kappa shape index (κ1) is 22.7. The highest BCUT2D eigenvalue weighted by atomic mass is 32.2. The first-order valence-corrected chi connectivity index (χ1v) is 12.8. The third kappa shape index (κ3) is 6.26. The fourth-order valence-corrected chi connectivity index (χ4v) is 5.64. The molecule has 1 fully saturated rings. The van der Waals surface area contributed by atoms with Crippen LogP contribution in [0.2, 0.25) is 0 Å². The number of hydrogen-bond acceptors (Lipinski definition) is 5. The molecule has 1 aromatic heterocycles. The number of aryl methyl sites for hydroxylation is 1. The van der Waals surface area contributed by atoms with E-state index < -0.39 is 10.0 Å². The topological polar surface area (TPSA) is 86.7 Å². The van der Waals surface area contributed by atoms with Crippen molar-refractivity contribution in [3.8, 4) is 0 Å². The monoisotopic (exact) mass is 449 g/mol. The number of piperidine rings is 1. The summed E-state index contributed by atoms with van der Waals surface area (Å²) in [6.07, 6.45) is 3.80. The zero-order chi connectivity index (χ0) is 21.4.